The Bertz CT molecular complexity index is 747. The van der Waals surface area contributed by atoms with Crippen molar-refractivity contribution < 1.29 is 4.79 Å². The Kier molecular flexibility index (Phi) is 3.23. The van der Waals surface area contributed by atoms with Crippen LogP contribution in [0.15, 0.2) is 53.0 Å². The van der Waals surface area contributed by atoms with Gasteiger partial charge in [-0.05, 0) is 23.6 Å². The van der Waals surface area contributed by atoms with E-state index in [0.717, 1.165) is 21.4 Å². The van der Waals surface area contributed by atoms with Crippen LogP contribution in [0.5, 0.6) is 0 Å². The van der Waals surface area contributed by atoms with Gasteiger partial charge in [0.05, 0.1) is 10.6 Å². The van der Waals surface area contributed by atoms with E-state index in [1.54, 1.807) is 18.5 Å². The fourth-order valence-electron chi connectivity index (χ4n) is 1.85. The van der Waals surface area contributed by atoms with Gasteiger partial charge in [0.1, 0.15) is 0 Å². The van der Waals surface area contributed by atoms with Crippen molar-refractivity contribution in [3.05, 3.63) is 53.0 Å². The van der Waals surface area contributed by atoms with Crippen LogP contribution < -0.4 is 5.32 Å². The van der Waals surface area contributed by atoms with Crippen LogP contribution in [-0.4, -0.2) is 10.9 Å². The first-order chi connectivity index (χ1) is 9.24. The van der Waals surface area contributed by atoms with Crippen LogP contribution >= 0.6 is 24.0 Å². The maximum Gasteiger partial charge on any atom is 0.265 e. The molecule has 5 heteroatoms. The van der Waals surface area contributed by atoms with Gasteiger partial charge in [0, 0.05) is 28.1 Å². The van der Waals surface area contributed by atoms with Crippen molar-refractivity contribution in [2.45, 2.75) is 4.90 Å². The van der Waals surface area contributed by atoms with Gasteiger partial charge in [-0.15, -0.1) is 24.0 Å². The molecule has 0 saturated heterocycles. The Balaban J connectivity index is 1.95. The maximum absolute atomic E-state index is 12.1. The van der Waals surface area contributed by atoms with Gasteiger partial charge in [-0.1, -0.05) is 12.1 Å². The number of nitrogens with one attached hydrogen (secondary N) is 1. The first-order valence-electron chi connectivity index (χ1n) is 5.65. The van der Waals surface area contributed by atoms with Gasteiger partial charge >= 0.3 is 0 Å². The van der Waals surface area contributed by atoms with E-state index in [-0.39, 0.29) is 5.91 Å². The van der Waals surface area contributed by atoms with E-state index in [1.165, 1.54) is 11.3 Å². The zero-order chi connectivity index (χ0) is 13.2. The van der Waals surface area contributed by atoms with Crippen LogP contribution in [0.2, 0.25) is 0 Å². The molecule has 0 spiro atoms. The minimum Gasteiger partial charge on any atom is -0.321 e. The van der Waals surface area contributed by atoms with E-state index in [2.05, 4.69) is 22.9 Å². The third-order valence-electron chi connectivity index (χ3n) is 2.74. The number of hydrogen-bond acceptors (Lipinski definition) is 4. The number of hydrogen-bond donors (Lipinski definition) is 2. The molecule has 3 rings (SSSR count). The van der Waals surface area contributed by atoms with Gasteiger partial charge < -0.3 is 5.32 Å². The minimum atomic E-state index is -0.123. The van der Waals surface area contributed by atoms with Crippen molar-refractivity contribution >= 4 is 46.3 Å². The van der Waals surface area contributed by atoms with Gasteiger partial charge in [0.15, 0.2) is 0 Å². The van der Waals surface area contributed by atoms with Crippen molar-refractivity contribution in [2.24, 2.45) is 0 Å². The summed E-state index contributed by atoms with van der Waals surface area (Å²) in [5.41, 5.74) is 0.768. The lowest BCUT2D eigenvalue weighted by atomic mass is 10.1. The highest BCUT2D eigenvalue weighted by atomic mass is 32.1. The van der Waals surface area contributed by atoms with Gasteiger partial charge in [0.2, 0.25) is 0 Å². The summed E-state index contributed by atoms with van der Waals surface area (Å²) < 4.78 is 0. The quantitative estimate of drug-likeness (QED) is 0.703. The van der Waals surface area contributed by atoms with Gasteiger partial charge in [-0.2, -0.15) is 0 Å². The third-order valence-corrected chi connectivity index (χ3v) is 4.10. The molecule has 0 aliphatic heterocycles. The van der Waals surface area contributed by atoms with Crippen LogP contribution in [0.25, 0.3) is 10.8 Å². The second-order valence-electron chi connectivity index (χ2n) is 4.03. The molecule has 1 aromatic carbocycles. The van der Waals surface area contributed by atoms with Crippen LogP contribution in [-0.2, 0) is 0 Å². The molecule has 0 atom stereocenters. The Labute approximate surface area is 119 Å². The summed E-state index contributed by atoms with van der Waals surface area (Å²) >= 11 is 5.58. The molecule has 0 saturated carbocycles. The molecule has 2 heterocycles. The highest BCUT2D eigenvalue weighted by Crippen LogP contribution is 2.24. The van der Waals surface area contributed by atoms with Crippen LogP contribution in [0.1, 0.15) is 9.67 Å². The monoisotopic (exact) mass is 286 g/mol. The molecular weight excluding hydrogens is 276 g/mol. The fourth-order valence-corrected chi connectivity index (χ4v) is 2.89. The lowest BCUT2D eigenvalue weighted by Gasteiger charge is -2.07. The minimum absolute atomic E-state index is 0.123. The first-order valence-corrected chi connectivity index (χ1v) is 6.98. The number of benzene rings is 1. The Morgan fingerprint density at radius 2 is 2.21 bits per heavy atom. The van der Waals surface area contributed by atoms with Crippen molar-refractivity contribution in [1.29, 1.82) is 0 Å². The maximum atomic E-state index is 12.1. The Morgan fingerprint density at radius 3 is 3.00 bits per heavy atom. The van der Waals surface area contributed by atoms with Gasteiger partial charge in [0.25, 0.3) is 5.91 Å². The van der Waals surface area contributed by atoms with Crippen LogP contribution in [0, 0.1) is 0 Å². The normalized spacial score (nSPS) is 10.6. The van der Waals surface area contributed by atoms with Crippen LogP contribution in [0.4, 0.5) is 5.69 Å². The third kappa shape index (κ3) is 2.47. The standard InChI is InChI=1S/C14H10N2OS2/c17-14(13-6-10(18)8-19-13)16-12-3-1-2-9-4-5-15-7-11(9)12/h1-8,18H,(H,16,17). The molecule has 0 bridgehead atoms. The predicted octanol–water partition coefficient (Wildman–Crippen LogP) is 3.84. The average Bonchev–Trinajstić information content (AvgIpc) is 2.86. The van der Waals surface area contributed by atoms with E-state index in [9.17, 15) is 4.79 Å². The Hall–Kier alpha value is -1.85. The number of nitrogens with zero attached hydrogens (tertiary/aromatic N) is 1. The second-order valence-corrected chi connectivity index (χ2v) is 5.45. The molecule has 0 radical (unpaired) electrons. The predicted molar refractivity (Wildman–Crippen MR) is 81.3 cm³/mol. The molecule has 1 amide bonds. The molecule has 0 aliphatic carbocycles. The molecule has 3 aromatic rings. The van der Waals surface area contributed by atoms with Crippen molar-refractivity contribution in [3.63, 3.8) is 0 Å². The fraction of sp³-hybridized carbons (Fsp3) is 0. The largest absolute Gasteiger partial charge is 0.321 e. The van der Waals surface area contributed by atoms with Crippen molar-refractivity contribution in [2.75, 3.05) is 5.32 Å². The summed E-state index contributed by atoms with van der Waals surface area (Å²) in [5, 5.41) is 6.73. The molecular formula is C14H10N2OS2. The number of fused-ring (bicyclic) bond motifs is 1. The number of pyridine rings is 1. The number of anilines is 1. The number of rotatable bonds is 2. The number of aromatic nitrogens is 1. The number of amides is 1. The Morgan fingerprint density at radius 1 is 1.32 bits per heavy atom. The highest BCUT2D eigenvalue weighted by molar-refractivity contribution is 7.80. The summed E-state index contributed by atoms with van der Waals surface area (Å²) in [7, 11) is 0. The molecule has 0 aliphatic rings. The topological polar surface area (TPSA) is 42.0 Å². The van der Waals surface area contributed by atoms with E-state index in [0.29, 0.717) is 4.88 Å². The zero-order valence-electron chi connectivity index (χ0n) is 9.83. The number of thiophene rings is 1. The number of thiol groups is 1. The first kappa shape index (κ1) is 12.2. The molecule has 19 heavy (non-hydrogen) atoms. The smallest absolute Gasteiger partial charge is 0.265 e. The number of carbonyl (C=O) groups is 1. The molecule has 0 fully saturated rings. The van der Waals surface area contributed by atoms with E-state index >= 15 is 0 Å². The summed E-state index contributed by atoms with van der Waals surface area (Å²) in [5.74, 6) is -0.123. The van der Waals surface area contributed by atoms with Crippen molar-refractivity contribution in [3.8, 4) is 0 Å². The summed E-state index contributed by atoms with van der Waals surface area (Å²) in [6, 6.07) is 9.45. The summed E-state index contributed by atoms with van der Waals surface area (Å²) in [4.78, 5) is 17.7. The molecule has 94 valence electrons. The van der Waals surface area contributed by atoms with Crippen molar-refractivity contribution in [1.82, 2.24) is 4.98 Å². The number of carbonyl (C=O) groups excluding carboxylic acids is 1. The molecule has 1 N–H and O–H groups in total. The van der Waals surface area contributed by atoms with E-state index < -0.39 is 0 Å². The molecule has 3 nitrogen and oxygen atoms in total. The lowest BCUT2D eigenvalue weighted by Crippen LogP contribution is -2.10. The van der Waals surface area contributed by atoms with Gasteiger partial charge in [-0.3, -0.25) is 9.78 Å². The van der Waals surface area contributed by atoms with Gasteiger partial charge in [-0.25, -0.2) is 0 Å². The summed E-state index contributed by atoms with van der Waals surface area (Å²) in [6.45, 7) is 0. The summed E-state index contributed by atoms with van der Waals surface area (Å²) in [6.07, 6.45) is 3.49. The zero-order valence-corrected chi connectivity index (χ0v) is 11.5. The second kappa shape index (κ2) is 5.03. The SMILES string of the molecule is O=C(Nc1cccc2ccncc12)c1cc(S)cs1. The van der Waals surface area contributed by atoms with E-state index in [1.807, 2.05) is 29.6 Å². The average molecular weight is 286 g/mol. The van der Waals surface area contributed by atoms with E-state index in [4.69, 9.17) is 0 Å². The molecule has 2 aromatic heterocycles. The van der Waals surface area contributed by atoms with Crippen LogP contribution in [0.3, 0.4) is 0 Å². The highest BCUT2D eigenvalue weighted by Gasteiger charge is 2.10. The lowest BCUT2D eigenvalue weighted by molar-refractivity contribution is 0.103. The molecule has 0 unspecified atom stereocenters.